The van der Waals surface area contributed by atoms with Crippen molar-refractivity contribution in [2.45, 2.75) is 13.0 Å². The Morgan fingerprint density at radius 1 is 1.29 bits per heavy atom. The van der Waals surface area contributed by atoms with Crippen LogP contribution < -0.4 is 10.1 Å². The second-order valence-electron chi connectivity index (χ2n) is 4.40. The molecule has 2 aromatic rings. The van der Waals surface area contributed by atoms with Crippen molar-refractivity contribution in [2.75, 3.05) is 20.8 Å². The molecule has 0 radical (unpaired) electrons. The molecule has 0 bridgehead atoms. The fourth-order valence-electron chi connectivity index (χ4n) is 1.80. The van der Waals surface area contributed by atoms with Gasteiger partial charge in [0.05, 0.1) is 19.4 Å². The molecule has 21 heavy (non-hydrogen) atoms. The van der Waals surface area contributed by atoms with E-state index in [2.05, 4.69) is 10.3 Å². The van der Waals surface area contributed by atoms with Crippen molar-refractivity contribution in [3.63, 3.8) is 0 Å². The van der Waals surface area contributed by atoms with Crippen LogP contribution in [-0.4, -0.2) is 31.7 Å². The molecule has 6 heteroatoms. The molecular formula is C15H18N2O3S. The molecule has 0 atom stereocenters. The van der Waals surface area contributed by atoms with E-state index >= 15 is 0 Å². The van der Waals surface area contributed by atoms with Gasteiger partial charge >= 0.3 is 0 Å². The maximum Gasteiger partial charge on any atom is 0.251 e. The minimum absolute atomic E-state index is 0.0926. The summed E-state index contributed by atoms with van der Waals surface area (Å²) in [6, 6.07) is 7.03. The first-order valence-corrected chi connectivity index (χ1v) is 7.45. The number of thiazole rings is 1. The van der Waals surface area contributed by atoms with Gasteiger partial charge in [0.25, 0.3) is 5.91 Å². The van der Waals surface area contributed by atoms with Crippen LogP contribution in [0.5, 0.6) is 5.75 Å². The summed E-state index contributed by atoms with van der Waals surface area (Å²) in [6.07, 6.45) is 0.710. The lowest BCUT2D eigenvalue weighted by Gasteiger charge is -2.05. The minimum atomic E-state index is -0.0926. The molecule has 0 saturated carbocycles. The molecule has 0 fully saturated rings. The van der Waals surface area contributed by atoms with Crippen molar-refractivity contribution in [1.82, 2.24) is 10.3 Å². The van der Waals surface area contributed by atoms with Gasteiger partial charge in [-0.3, -0.25) is 4.79 Å². The van der Waals surface area contributed by atoms with E-state index < -0.39 is 0 Å². The quantitative estimate of drug-likeness (QED) is 0.852. The fourth-order valence-corrected chi connectivity index (χ4v) is 2.60. The van der Waals surface area contributed by atoms with Crippen LogP contribution in [-0.2, 0) is 17.8 Å². The highest BCUT2D eigenvalue weighted by molar-refractivity contribution is 7.09. The van der Waals surface area contributed by atoms with Gasteiger partial charge in [-0.05, 0) is 24.3 Å². The number of amides is 1. The molecule has 1 heterocycles. The number of nitrogens with zero attached hydrogens (tertiary/aromatic N) is 1. The zero-order valence-electron chi connectivity index (χ0n) is 12.1. The third-order valence-electron chi connectivity index (χ3n) is 2.89. The number of methoxy groups -OCH3 is 2. The maximum absolute atomic E-state index is 12.0. The molecule has 0 unspecified atom stereocenters. The van der Waals surface area contributed by atoms with E-state index in [1.807, 2.05) is 5.38 Å². The molecule has 0 spiro atoms. The van der Waals surface area contributed by atoms with E-state index in [1.54, 1.807) is 49.8 Å². The van der Waals surface area contributed by atoms with E-state index in [0.29, 0.717) is 25.1 Å². The second-order valence-corrected chi connectivity index (χ2v) is 5.34. The predicted octanol–water partition coefficient (Wildman–Crippen LogP) is 2.27. The number of carbonyl (C=O) groups is 1. The Balaban J connectivity index is 1.80. The standard InChI is InChI=1S/C15H18N2O3S/c1-19-9-14-17-12(10-21-14)7-8-16-15(18)11-3-5-13(20-2)6-4-11/h3-6,10H,7-9H2,1-2H3,(H,16,18). The van der Waals surface area contributed by atoms with Crippen LogP contribution in [0, 0.1) is 0 Å². The van der Waals surface area contributed by atoms with E-state index in [9.17, 15) is 4.79 Å². The lowest BCUT2D eigenvalue weighted by Crippen LogP contribution is -2.25. The summed E-state index contributed by atoms with van der Waals surface area (Å²) in [5, 5.41) is 5.83. The Bertz CT molecular complexity index is 581. The van der Waals surface area contributed by atoms with Crippen LogP contribution in [0.4, 0.5) is 0 Å². The zero-order chi connectivity index (χ0) is 15.1. The highest BCUT2D eigenvalue weighted by atomic mass is 32.1. The fraction of sp³-hybridized carbons (Fsp3) is 0.333. The highest BCUT2D eigenvalue weighted by Gasteiger charge is 2.06. The summed E-state index contributed by atoms with van der Waals surface area (Å²) in [5.41, 5.74) is 1.59. The van der Waals surface area contributed by atoms with Crippen LogP contribution in [0.25, 0.3) is 0 Å². The number of aromatic nitrogens is 1. The summed E-state index contributed by atoms with van der Waals surface area (Å²) in [7, 11) is 3.25. The normalized spacial score (nSPS) is 10.4. The van der Waals surface area contributed by atoms with Crippen LogP contribution in [0.1, 0.15) is 21.1 Å². The Morgan fingerprint density at radius 3 is 2.71 bits per heavy atom. The van der Waals surface area contributed by atoms with Gasteiger partial charge in [-0.15, -0.1) is 11.3 Å². The Kier molecular flexibility index (Phi) is 5.71. The van der Waals surface area contributed by atoms with Gasteiger partial charge in [-0.25, -0.2) is 4.98 Å². The van der Waals surface area contributed by atoms with Gasteiger partial charge in [0.2, 0.25) is 0 Å². The number of nitrogens with one attached hydrogen (secondary N) is 1. The van der Waals surface area contributed by atoms with E-state index in [-0.39, 0.29) is 5.91 Å². The van der Waals surface area contributed by atoms with Crippen LogP contribution in [0.3, 0.4) is 0 Å². The summed E-state index contributed by atoms with van der Waals surface area (Å²) in [6.45, 7) is 1.09. The lowest BCUT2D eigenvalue weighted by molar-refractivity contribution is 0.0954. The summed E-state index contributed by atoms with van der Waals surface area (Å²) in [4.78, 5) is 16.4. The third kappa shape index (κ3) is 4.54. The molecular weight excluding hydrogens is 288 g/mol. The number of hydrogen-bond acceptors (Lipinski definition) is 5. The van der Waals surface area contributed by atoms with E-state index in [4.69, 9.17) is 9.47 Å². The van der Waals surface area contributed by atoms with Crippen molar-refractivity contribution in [1.29, 1.82) is 0 Å². The SMILES string of the molecule is COCc1nc(CCNC(=O)c2ccc(OC)cc2)cs1. The Hall–Kier alpha value is -1.92. The molecule has 1 amide bonds. The van der Waals surface area contributed by atoms with Crippen molar-refractivity contribution < 1.29 is 14.3 Å². The first-order chi connectivity index (χ1) is 10.2. The van der Waals surface area contributed by atoms with Crippen molar-refractivity contribution >= 4 is 17.2 Å². The van der Waals surface area contributed by atoms with Gasteiger partial charge in [0.1, 0.15) is 10.8 Å². The number of benzene rings is 1. The minimum Gasteiger partial charge on any atom is -0.497 e. The first kappa shape index (κ1) is 15.5. The molecule has 112 valence electrons. The predicted molar refractivity (Wildman–Crippen MR) is 81.9 cm³/mol. The number of ether oxygens (including phenoxy) is 2. The molecule has 1 N–H and O–H groups in total. The number of carbonyl (C=O) groups excluding carboxylic acids is 1. The smallest absolute Gasteiger partial charge is 0.251 e. The molecule has 1 aromatic heterocycles. The van der Waals surface area contributed by atoms with Crippen molar-refractivity contribution in [3.8, 4) is 5.75 Å². The van der Waals surface area contributed by atoms with E-state index in [0.717, 1.165) is 16.5 Å². The zero-order valence-corrected chi connectivity index (χ0v) is 12.9. The topological polar surface area (TPSA) is 60.5 Å². The average Bonchev–Trinajstić information content (AvgIpc) is 2.95. The summed E-state index contributed by atoms with van der Waals surface area (Å²) < 4.78 is 10.1. The molecule has 0 aliphatic heterocycles. The average molecular weight is 306 g/mol. The molecule has 1 aromatic carbocycles. The van der Waals surface area contributed by atoms with Crippen LogP contribution >= 0.6 is 11.3 Å². The van der Waals surface area contributed by atoms with Gasteiger partial charge in [-0.1, -0.05) is 0 Å². The molecule has 0 aliphatic carbocycles. The summed E-state index contributed by atoms with van der Waals surface area (Å²) >= 11 is 1.57. The van der Waals surface area contributed by atoms with Gasteiger partial charge < -0.3 is 14.8 Å². The first-order valence-electron chi connectivity index (χ1n) is 6.57. The lowest BCUT2D eigenvalue weighted by atomic mass is 10.2. The molecule has 5 nitrogen and oxygen atoms in total. The van der Waals surface area contributed by atoms with Gasteiger partial charge in [-0.2, -0.15) is 0 Å². The van der Waals surface area contributed by atoms with Crippen LogP contribution in [0.2, 0.25) is 0 Å². The third-order valence-corrected chi connectivity index (χ3v) is 3.76. The number of hydrogen-bond donors (Lipinski definition) is 1. The van der Waals surface area contributed by atoms with Gasteiger partial charge in [0, 0.05) is 31.0 Å². The van der Waals surface area contributed by atoms with Crippen LogP contribution in [0.15, 0.2) is 29.6 Å². The van der Waals surface area contributed by atoms with Crippen molar-refractivity contribution in [3.05, 3.63) is 45.9 Å². The molecule has 0 saturated heterocycles. The number of rotatable bonds is 7. The molecule has 0 aliphatic rings. The largest absolute Gasteiger partial charge is 0.497 e. The van der Waals surface area contributed by atoms with Crippen molar-refractivity contribution in [2.24, 2.45) is 0 Å². The van der Waals surface area contributed by atoms with Gasteiger partial charge in [0.15, 0.2) is 0 Å². The Labute approximate surface area is 127 Å². The highest BCUT2D eigenvalue weighted by Crippen LogP contribution is 2.12. The summed E-state index contributed by atoms with van der Waals surface area (Å²) in [5.74, 6) is 0.643. The maximum atomic E-state index is 12.0. The Morgan fingerprint density at radius 2 is 2.05 bits per heavy atom. The second kappa shape index (κ2) is 7.75. The monoisotopic (exact) mass is 306 g/mol. The molecule has 2 rings (SSSR count). The van der Waals surface area contributed by atoms with E-state index in [1.165, 1.54) is 0 Å².